The lowest BCUT2D eigenvalue weighted by molar-refractivity contribution is -0.274. The Hall–Kier alpha value is -3.29. The lowest BCUT2D eigenvalue weighted by Gasteiger charge is -2.38. The predicted molar refractivity (Wildman–Crippen MR) is 132 cm³/mol. The number of likely N-dealkylation sites (tertiary alicyclic amines) is 1. The standard InChI is InChI=1S/C27H34F3N3O5/c1-25(2,3)38-22(34)15-26(11-5-6-12-26)24(36)33-13-7-8-19(17-33)23(35)32-16-18-9-10-20(31-4)14-21(18)37-27(28,29)30/h9-10,14,19H,5-8,11-13,15-17H2,1-3H3,(H,32,35)/t19-/m1/s1. The van der Waals surface area contributed by atoms with Gasteiger partial charge in [0.15, 0.2) is 5.69 Å². The molecule has 2 amide bonds. The third kappa shape index (κ3) is 7.85. The number of piperidine rings is 1. The Morgan fingerprint density at radius 3 is 2.45 bits per heavy atom. The molecular formula is C27H34F3N3O5. The first-order valence-electron chi connectivity index (χ1n) is 12.8. The van der Waals surface area contributed by atoms with Crippen LogP contribution in [0.1, 0.15) is 71.3 Å². The molecule has 1 heterocycles. The van der Waals surface area contributed by atoms with E-state index < -0.39 is 35.0 Å². The van der Waals surface area contributed by atoms with Crippen molar-refractivity contribution in [1.29, 1.82) is 0 Å². The van der Waals surface area contributed by atoms with Gasteiger partial charge in [-0.15, -0.1) is 13.2 Å². The minimum absolute atomic E-state index is 0.000943. The molecule has 1 saturated carbocycles. The van der Waals surface area contributed by atoms with E-state index in [-0.39, 0.29) is 42.6 Å². The van der Waals surface area contributed by atoms with Crippen LogP contribution in [0.3, 0.4) is 0 Å². The molecule has 1 aliphatic heterocycles. The summed E-state index contributed by atoms with van der Waals surface area (Å²) in [7, 11) is 0. The van der Waals surface area contributed by atoms with Crippen molar-refractivity contribution >= 4 is 23.5 Å². The second-order valence-electron chi connectivity index (χ2n) is 11.0. The summed E-state index contributed by atoms with van der Waals surface area (Å²) in [5.41, 5.74) is -1.44. The molecule has 1 atom stereocenters. The van der Waals surface area contributed by atoms with E-state index in [0.29, 0.717) is 32.2 Å². The van der Waals surface area contributed by atoms with Gasteiger partial charge in [-0.25, -0.2) is 4.85 Å². The Labute approximate surface area is 220 Å². The lowest BCUT2D eigenvalue weighted by atomic mass is 9.80. The Morgan fingerprint density at radius 2 is 1.84 bits per heavy atom. The molecule has 3 rings (SSSR count). The van der Waals surface area contributed by atoms with Crippen LogP contribution in [0.25, 0.3) is 4.85 Å². The second kappa shape index (κ2) is 11.6. The SMILES string of the molecule is [C-]#[N+]c1ccc(CNC(=O)[C@@H]2CCCN(C(=O)C3(CC(=O)OC(C)(C)C)CCCC3)C2)c(OC(F)(F)F)c1. The van der Waals surface area contributed by atoms with Crippen molar-refractivity contribution in [2.75, 3.05) is 13.1 Å². The van der Waals surface area contributed by atoms with E-state index in [0.717, 1.165) is 18.9 Å². The van der Waals surface area contributed by atoms with Crippen LogP contribution >= 0.6 is 0 Å². The average molecular weight is 538 g/mol. The molecule has 0 unspecified atom stereocenters. The Kier molecular flexibility index (Phi) is 8.95. The smallest absolute Gasteiger partial charge is 0.460 e. The highest BCUT2D eigenvalue weighted by Crippen LogP contribution is 2.44. The molecule has 11 heteroatoms. The number of rotatable bonds is 7. The zero-order valence-electron chi connectivity index (χ0n) is 22.0. The van der Waals surface area contributed by atoms with Crippen LogP contribution in [-0.4, -0.2) is 47.7 Å². The number of halogens is 3. The zero-order chi connectivity index (χ0) is 28.1. The number of hydrogen-bond donors (Lipinski definition) is 1. The van der Waals surface area contributed by atoms with E-state index in [1.165, 1.54) is 12.1 Å². The molecular weight excluding hydrogens is 503 g/mol. The van der Waals surface area contributed by atoms with Crippen molar-refractivity contribution in [2.24, 2.45) is 11.3 Å². The van der Waals surface area contributed by atoms with E-state index in [4.69, 9.17) is 11.3 Å². The minimum Gasteiger partial charge on any atom is -0.460 e. The molecule has 208 valence electrons. The Balaban J connectivity index is 1.66. The summed E-state index contributed by atoms with van der Waals surface area (Å²) in [5.74, 6) is -2.03. The summed E-state index contributed by atoms with van der Waals surface area (Å²) >= 11 is 0. The van der Waals surface area contributed by atoms with Crippen molar-refractivity contribution < 1.29 is 37.0 Å². The molecule has 0 aromatic heterocycles. The topological polar surface area (TPSA) is 89.3 Å². The number of ether oxygens (including phenoxy) is 2. The van der Waals surface area contributed by atoms with Gasteiger partial charge in [-0.3, -0.25) is 14.4 Å². The normalized spacial score (nSPS) is 19.4. The molecule has 8 nitrogen and oxygen atoms in total. The maximum atomic E-state index is 13.6. The molecule has 1 aromatic carbocycles. The highest BCUT2D eigenvalue weighted by molar-refractivity contribution is 5.88. The summed E-state index contributed by atoms with van der Waals surface area (Å²) < 4.78 is 48.0. The van der Waals surface area contributed by atoms with E-state index in [1.807, 2.05) is 0 Å². The summed E-state index contributed by atoms with van der Waals surface area (Å²) in [6.07, 6.45) is -0.992. The number of nitrogens with one attached hydrogen (secondary N) is 1. The average Bonchev–Trinajstić information content (AvgIpc) is 3.29. The molecule has 0 spiro atoms. The minimum atomic E-state index is -4.95. The molecule has 2 aliphatic rings. The van der Waals surface area contributed by atoms with E-state index in [2.05, 4.69) is 14.9 Å². The molecule has 0 bridgehead atoms. The fraction of sp³-hybridized carbons (Fsp3) is 0.630. The third-order valence-corrected chi connectivity index (χ3v) is 6.86. The molecule has 1 N–H and O–H groups in total. The maximum absolute atomic E-state index is 13.6. The van der Waals surface area contributed by atoms with Crippen LogP contribution in [0.5, 0.6) is 5.75 Å². The fourth-order valence-electron chi connectivity index (χ4n) is 5.19. The van der Waals surface area contributed by atoms with Gasteiger partial charge in [0.05, 0.1) is 24.3 Å². The first kappa shape index (κ1) is 29.3. The van der Waals surface area contributed by atoms with Gasteiger partial charge in [-0.05, 0) is 52.5 Å². The predicted octanol–water partition coefficient (Wildman–Crippen LogP) is 5.28. The maximum Gasteiger partial charge on any atom is 0.573 e. The largest absolute Gasteiger partial charge is 0.573 e. The Morgan fingerprint density at radius 1 is 1.16 bits per heavy atom. The summed E-state index contributed by atoms with van der Waals surface area (Å²) in [6.45, 7) is 12.8. The van der Waals surface area contributed by atoms with Gasteiger partial charge < -0.3 is 19.7 Å². The van der Waals surface area contributed by atoms with Crippen molar-refractivity contribution in [3.63, 3.8) is 0 Å². The number of nitrogens with zero attached hydrogens (tertiary/aromatic N) is 2. The van der Waals surface area contributed by atoms with Crippen LogP contribution in [-0.2, 0) is 25.7 Å². The molecule has 1 aliphatic carbocycles. The quantitative estimate of drug-likeness (QED) is 0.378. The third-order valence-electron chi connectivity index (χ3n) is 6.86. The Bertz CT molecular complexity index is 1080. The van der Waals surface area contributed by atoms with E-state index in [1.54, 1.807) is 25.7 Å². The van der Waals surface area contributed by atoms with Crippen molar-refractivity contribution in [3.05, 3.63) is 35.2 Å². The van der Waals surface area contributed by atoms with Gasteiger partial charge in [0, 0.05) is 25.2 Å². The first-order chi connectivity index (χ1) is 17.7. The molecule has 0 radical (unpaired) electrons. The summed E-state index contributed by atoms with van der Waals surface area (Å²) in [5, 5.41) is 2.65. The van der Waals surface area contributed by atoms with Gasteiger partial charge in [0.25, 0.3) is 0 Å². The van der Waals surface area contributed by atoms with Crippen molar-refractivity contribution in [3.8, 4) is 5.75 Å². The van der Waals surface area contributed by atoms with Crippen LogP contribution in [0.2, 0.25) is 0 Å². The molecule has 2 fully saturated rings. The zero-order valence-corrected chi connectivity index (χ0v) is 22.0. The van der Waals surface area contributed by atoms with Crippen LogP contribution in [0, 0.1) is 17.9 Å². The molecule has 1 aromatic rings. The summed E-state index contributed by atoms with van der Waals surface area (Å²) in [6, 6.07) is 3.64. The van der Waals surface area contributed by atoms with Gasteiger partial charge >= 0.3 is 12.3 Å². The van der Waals surface area contributed by atoms with Gasteiger partial charge in [-0.1, -0.05) is 25.0 Å². The highest BCUT2D eigenvalue weighted by atomic mass is 19.4. The number of carbonyl (C=O) groups excluding carboxylic acids is 3. The van der Waals surface area contributed by atoms with Crippen LogP contribution in [0.15, 0.2) is 18.2 Å². The monoisotopic (exact) mass is 537 g/mol. The van der Waals surface area contributed by atoms with Crippen molar-refractivity contribution in [2.45, 2.75) is 84.2 Å². The highest BCUT2D eigenvalue weighted by Gasteiger charge is 2.47. The van der Waals surface area contributed by atoms with Gasteiger partial charge in [-0.2, -0.15) is 0 Å². The first-order valence-corrected chi connectivity index (χ1v) is 12.8. The van der Waals surface area contributed by atoms with E-state index >= 15 is 0 Å². The van der Waals surface area contributed by atoms with Gasteiger partial charge in [0.2, 0.25) is 11.8 Å². The van der Waals surface area contributed by atoms with Crippen molar-refractivity contribution in [1.82, 2.24) is 10.2 Å². The van der Waals surface area contributed by atoms with Crippen LogP contribution < -0.4 is 10.1 Å². The second-order valence-corrected chi connectivity index (χ2v) is 11.0. The number of hydrogen-bond acceptors (Lipinski definition) is 5. The number of amides is 2. The number of alkyl halides is 3. The van der Waals surface area contributed by atoms with Gasteiger partial charge in [0.1, 0.15) is 11.4 Å². The lowest BCUT2D eigenvalue weighted by Crippen LogP contribution is -2.50. The number of benzene rings is 1. The molecule has 1 saturated heterocycles. The van der Waals surface area contributed by atoms with E-state index in [9.17, 15) is 27.6 Å². The fourth-order valence-corrected chi connectivity index (χ4v) is 5.19. The molecule has 38 heavy (non-hydrogen) atoms. The van der Waals surface area contributed by atoms with Crippen LogP contribution in [0.4, 0.5) is 18.9 Å². The summed E-state index contributed by atoms with van der Waals surface area (Å²) in [4.78, 5) is 44.0. The number of esters is 1. The number of carbonyl (C=O) groups is 3.